The molecule has 11 heavy (non-hydrogen) atoms. The van der Waals surface area contributed by atoms with Crippen molar-refractivity contribution in [2.24, 2.45) is 11.7 Å². The molecule has 0 unspecified atom stereocenters. The fourth-order valence-corrected chi connectivity index (χ4v) is 1.05. The van der Waals surface area contributed by atoms with Gasteiger partial charge in [0, 0.05) is 6.04 Å². The molecule has 0 radical (unpaired) electrons. The molecule has 0 aromatic carbocycles. The van der Waals surface area contributed by atoms with E-state index in [-0.39, 0.29) is 30.3 Å². The monoisotopic (exact) mass is 177 g/mol. The minimum absolute atomic E-state index is 0. The number of hydrogen-bond donors (Lipinski definition) is 1. The number of rotatable bonds is 1. The second kappa shape index (κ2) is 4.36. The van der Waals surface area contributed by atoms with Crippen LogP contribution in [0.1, 0.15) is 6.42 Å². The molecule has 0 aromatic heterocycles. The number of halogens is 1. The zero-order valence-corrected chi connectivity index (χ0v) is 7.14. The number of ether oxygens (including phenoxy) is 1. The molecule has 0 saturated heterocycles. The van der Waals surface area contributed by atoms with Gasteiger partial charge in [-0.05, 0) is 6.42 Å². The van der Waals surface area contributed by atoms with Gasteiger partial charge in [-0.2, -0.15) is 0 Å². The molecule has 0 aliphatic heterocycles. The topological polar surface area (TPSA) is 52.3 Å². The first-order chi connectivity index (χ1) is 4.74. The van der Waals surface area contributed by atoms with Crippen LogP contribution < -0.4 is 5.73 Å². The van der Waals surface area contributed by atoms with Gasteiger partial charge >= 0.3 is 5.97 Å². The fraction of sp³-hybridized carbons (Fsp3) is 0.571. The molecule has 1 aliphatic carbocycles. The van der Waals surface area contributed by atoms with E-state index in [1.165, 1.54) is 7.11 Å². The van der Waals surface area contributed by atoms with Crippen molar-refractivity contribution in [2.75, 3.05) is 7.11 Å². The number of carbonyl (C=O) groups is 1. The standard InChI is InChI=1S/C7H11NO2.ClH/c1-10-7(9)5-2-3-6(8)4-5;/h2-3,5-6H,4,8H2,1H3;1H/t5-,6-;/m0./s1. The van der Waals surface area contributed by atoms with E-state index < -0.39 is 0 Å². The number of nitrogens with two attached hydrogens (primary N) is 1. The SMILES string of the molecule is COC(=O)[C@H]1C=C[C@H](N)C1.Cl. The van der Waals surface area contributed by atoms with E-state index in [4.69, 9.17) is 5.73 Å². The van der Waals surface area contributed by atoms with E-state index in [0.29, 0.717) is 6.42 Å². The summed E-state index contributed by atoms with van der Waals surface area (Å²) in [5.41, 5.74) is 5.52. The van der Waals surface area contributed by atoms with Crippen molar-refractivity contribution in [3.8, 4) is 0 Å². The van der Waals surface area contributed by atoms with Crippen molar-refractivity contribution in [3.63, 3.8) is 0 Å². The predicted molar refractivity (Wildman–Crippen MR) is 44.5 cm³/mol. The summed E-state index contributed by atoms with van der Waals surface area (Å²) in [6.07, 6.45) is 4.32. The zero-order chi connectivity index (χ0) is 7.56. The summed E-state index contributed by atoms with van der Waals surface area (Å²) in [5, 5.41) is 0. The van der Waals surface area contributed by atoms with Crippen LogP contribution in [0.3, 0.4) is 0 Å². The van der Waals surface area contributed by atoms with Crippen LogP contribution in [-0.2, 0) is 9.53 Å². The average Bonchev–Trinajstić information content (AvgIpc) is 2.34. The van der Waals surface area contributed by atoms with Gasteiger partial charge in [-0.1, -0.05) is 12.2 Å². The van der Waals surface area contributed by atoms with Gasteiger partial charge in [0.2, 0.25) is 0 Å². The smallest absolute Gasteiger partial charge is 0.312 e. The molecular weight excluding hydrogens is 166 g/mol. The number of hydrogen-bond acceptors (Lipinski definition) is 3. The maximum Gasteiger partial charge on any atom is 0.312 e. The lowest BCUT2D eigenvalue weighted by Crippen LogP contribution is -2.19. The lowest BCUT2D eigenvalue weighted by atomic mass is 10.1. The molecule has 0 bridgehead atoms. The summed E-state index contributed by atoms with van der Waals surface area (Å²) in [6, 6.07) is 0.0316. The van der Waals surface area contributed by atoms with Gasteiger partial charge in [-0.25, -0.2) is 0 Å². The zero-order valence-electron chi connectivity index (χ0n) is 6.32. The third-order valence-corrected chi connectivity index (χ3v) is 1.62. The lowest BCUT2D eigenvalue weighted by Gasteiger charge is -2.04. The molecule has 1 aliphatic rings. The van der Waals surface area contributed by atoms with Crippen LogP contribution in [0.2, 0.25) is 0 Å². The highest BCUT2D eigenvalue weighted by molar-refractivity contribution is 5.85. The van der Waals surface area contributed by atoms with E-state index in [2.05, 4.69) is 4.74 Å². The highest BCUT2D eigenvalue weighted by atomic mass is 35.5. The van der Waals surface area contributed by atoms with Gasteiger partial charge in [0.15, 0.2) is 0 Å². The number of carbonyl (C=O) groups excluding carboxylic acids is 1. The molecule has 3 nitrogen and oxygen atoms in total. The van der Waals surface area contributed by atoms with Gasteiger partial charge in [-0.3, -0.25) is 4.79 Å². The van der Waals surface area contributed by atoms with Crippen LogP contribution >= 0.6 is 12.4 Å². The van der Waals surface area contributed by atoms with Crippen molar-refractivity contribution < 1.29 is 9.53 Å². The normalized spacial score (nSPS) is 27.8. The van der Waals surface area contributed by atoms with Crippen LogP contribution in [0.5, 0.6) is 0 Å². The quantitative estimate of drug-likeness (QED) is 0.469. The maximum atomic E-state index is 10.8. The van der Waals surface area contributed by atoms with Crippen LogP contribution in [0, 0.1) is 5.92 Å². The maximum absolute atomic E-state index is 10.8. The largest absolute Gasteiger partial charge is 0.469 e. The molecule has 64 valence electrons. The van der Waals surface area contributed by atoms with Crippen LogP contribution in [0.4, 0.5) is 0 Å². The van der Waals surface area contributed by atoms with Crippen molar-refractivity contribution in [2.45, 2.75) is 12.5 Å². The van der Waals surface area contributed by atoms with E-state index in [1.807, 2.05) is 6.08 Å². The van der Waals surface area contributed by atoms with Gasteiger partial charge in [0.25, 0.3) is 0 Å². The molecule has 0 aromatic rings. The van der Waals surface area contributed by atoms with Crippen LogP contribution in [0.15, 0.2) is 12.2 Å². The summed E-state index contributed by atoms with van der Waals surface area (Å²) >= 11 is 0. The lowest BCUT2D eigenvalue weighted by molar-refractivity contribution is -0.143. The van der Waals surface area contributed by atoms with Gasteiger partial charge in [0.05, 0.1) is 13.0 Å². The Labute approximate surface area is 72.0 Å². The van der Waals surface area contributed by atoms with Crippen molar-refractivity contribution >= 4 is 18.4 Å². The Morgan fingerprint density at radius 1 is 1.64 bits per heavy atom. The second-order valence-corrected chi connectivity index (χ2v) is 2.41. The Morgan fingerprint density at radius 2 is 2.27 bits per heavy atom. The molecule has 2 N–H and O–H groups in total. The Bertz CT molecular complexity index is 170. The first kappa shape index (κ1) is 10.5. The molecule has 1 rings (SSSR count). The van der Waals surface area contributed by atoms with Gasteiger partial charge < -0.3 is 10.5 Å². The van der Waals surface area contributed by atoms with Gasteiger partial charge in [-0.15, -0.1) is 12.4 Å². The molecule has 0 fully saturated rings. The molecule has 0 heterocycles. The Morgan fingerprint density at radius 3 is 2.64 bits per heavy atom. The third kappa shape index (κ3) is 2.52. The minimum atomic E-state index is -0.191. The Kier molecular flexibility index (Phi) is 4.15. The number of methoxy groups -OCH3 is 1. The van der Waals surface area contributed by atoms with Crippen molar-refractivity contribution in [1.82, 2.24) is 0 Å². The fourth-order valence-electron chi connectivity index (χ4n) is 1.05. The summed E-state index contributed by atoms with van der Waals surface area (Å²) in [4.78, 5) is 10.8. The molecule has 0 amide bonds. The van der Waals surface area contributed by atoms with E-state index >= 15 is 0 Å². The first-order valence-electron chi connectivity index (χ1n) is 3.26. The van der Waals surface area contributed by atoms with E-state index in [0.717, 1.165) is 0 Å². The highest BCUT2D eigenvalue weighted by Crippen LogP contribution is 2.16. The van der Waals surface area contributed by atoms with E-state index in [9.17, 15) is 4.79 Å². The third-order valence-electron chi connectivity index (χ3n) is 1.62. The minimum Gasteiger partial charge on any atom is -0.469 e. The average molecular weight is 178 g/mol. The predicted octanol–water partition coefficient (Wildman–Crippen LogP) is 0.485. The molecule has 0 spiro atoms. The highest BCUT2D eigenvalue weighted by Gasteiger charge is 2.22. The Balaban J connectivity index is 0.000001000. The summed E-state index contributed by atoms with van der Waals surface area (Å²) in [7, 11) is 1.39. The first-order valence-corrected chi connectivity index (χ1v) is 3.26. The van der Waals surface area contributed by atoms with E-state index in [1.54, 1.807) is 6.08 Å². The molecule has 2 atom stereocenters. The summed E-state index contributed by atoms with van der Waals surface area (Å²) in [6.45, 7) is 0. The van der Waals surface area contributed by atoms with Gasteiger partial charge in [0.1, 0.15) is 0 Å². The van der Waals surface area contributed by atoms with Crippen LogP contribution in [0.25, 0.3) is 0 Å². The molecule has 4 heteroatoms. The number of esters is 1. The summed E-state index contributed by atoms with van der Waals surface area (Å²) in [5.74, 6) is -0.302. The van der Waals surface area contributed by atoms with Crippen molar-refractivity contribution in [1.29, 1.82) is 0 Å². The van der Waals surface area contributed by atoms with Crippen molar-refractivity contribution in [3.05, 3.63) is 12.2 Å². The molecule has 0 saturated carbocycles. The second-order valence-electron chi connectivity index (χ2n) is 2.41. The molecular formula is C7H12ClNO2. The van der Waals surface area contributed by atoms with Crippen LogP contribution in [-0.4, -0.2) is 19.1 Å². The summed E-state index contributed by atoms with van der Waals surface area (Å²) < 4.78 is 4.54. The Hall–Kier alpha value is -0.540.